The fraction of sp³-hybridized carbons (Fsp3) is 0.500. The molecule has 9 heteroatoms. The number of amides is 2. The number of hydrogen-bond acceptors (Lipinski definition) is 7. The molecule has 27 heavy (non-hydrogen) atoms. The monoisotopic (exact) mass is 391 g/mol. The predicted octanol–water partition coefficient (Wildman–Crippen LogP) is 2.28. The van der Waals surface area contributed by atoms with E-state index in [0.717, 1.165) is 19.3 Å². The van der Waals surface area contributed by atoms with E-state index in [1.165, 1.54) is 17.6 Å². The highest BCUT2D eigenvalue weighted by Crippen LogP contribution is 2.26. The number of ether oxygens (including phenoxy) is 2. The molecule has 2 aromatic rings. The van der Waals surface area contributed by atoms with E-state index in [-0.39, 0.29) is 36.3 Å². The third kappa shape index (κ3) is 4.20. The van der Waals surface area contributed by atoms with Crippen LogP contribution in [-0.2, 0) is 20.7 Å². The van der Waals surface area contributed by atoms with Crippen LogP contribution in [0, 0.1) is 0 Å². The van der Waals surface area contributed by atoms with Crippen molar-refractivity contribution in [3.63, 3.8) is 0 Å². The van der Waals surface area contributed by atoms with Crippen molar-refractivity contribution in [2.75, 3.05) is 25.1 Å². The smallest absolute Gasteiger partial charge is 0.293 e. The van der Waals surface area contributed by atoms with Crippen LogP contribution in [0.15, 0.2) is 28.2 Å². The van der Waals surface area contributed by atoms with Gasteiger partial charge in [-0.25, -0.2) is 4.98 Å². The lowest BCUT2D eigenvalue weighted by Gasteiger charge is -2.38. The number of hydrogen-bond donors (Lipinski definition) is 1. The minimum Gasteiger partial charge on any atom is -0.459 e. The van der Waals surface area contributed by atoms with Crippen molar-refractivity contribution in [2.45, 2.75) is 38.0 Å². The number of anilines is 1. The first-order valence-electron chi connectivity index (χ1n) is 9.02. The Morgan fingerprint density at radius 3 is 2.93 bits per heavy atom. The minimum absolute atomic E-state index is 0.00742. The van der Waals surface area contributed by atoms with Gasteiger partial charge in [0.25, 0.3) is 5.91 Å². The molecule has 2 fully saturated rings. The molecule has 0 radical (unpaired) electrons. The highest BCUT2D eigenvalue weighted by molar-refractivity contribution is 7.14. The van der Waals surface area contributed by atoms with E-state index in [4.69, 9.17) is 13.9 Å². The molecule has 2 aliphatic heterocycles. The number of carbonyl (C=O) groups is 2. The maximum atomic E-state index is 12.8. The molecule has 0 saturated carbocycles. The zero-order valence-corrected chi connectivity index (χ0v) is 15.6. The van der Waals surface area contributed by atoms with Crippen LogP contribution < -0.4 is 5.32 Å². The molecular formula is C18H21N3O5S. The number of likely N-dealkylation sites (tertiary alicyclic amines) is 1. The van der Waals surface area contributed by atoms with Crippen LogP contribution in [0.25, 0.3) is 0 Å². The van der Waals surface area contributed by atoms with Gasteiger partial charge in [-0.15, -0.1) is 11.3 Å². The fourth-order valence-corrected chi connectivity index (χ4v) is 4.12. The molecule has 0 bridgehead atoms. The Labute approximate surface area is 160 Å². The summed E-state index contributed by atoms with van der Waals surface area (Å²) in [4.78, 5) is 31.0. The van der Waals surface area contributed by atoms with Gasteiger partial charge in [0.15, 0.2) is 17.2 Å². The molecule has 1 N–H and O–H groups in total. The van der Waals surface area contributed by atoms with E-state index < -0.39 is 0 Å². The van der Waals surface area contributed by atoms with Gasteiger partial charge in [-0.2, -0.15) is 0 Å². The third-order valence-corrected chi connectivity index (χ3v) is 5.49. The quantitative estimate of drug-likeness (QED) is 0.840. The summed E-state index contributed by atoms with van der Waals surface area (Å²) in [5.74, 6) is -0.137. The average Bonchev–Trinajstić information content (AvgIpc) is 3.44. The number of rotatable bonds is 5. The summed E-state index contributed by atoms with van der Waals surface area (Å²) in [7, 11) is 0. The topological polar surface area (TPSA) is 93.9 Å². The molecule has 4 heterocycles. The Hall–Kier alpha value is -2.23. The molecule has 2 saturated heterocycles. The van der Waals surface area contributed by atoms with Crippen molar-refractivity contribution in [3.05, 3.63) is 35.2 Å². The molecule has 4 rings (SSSR count). The predicted molar refractivity (Wildman–Crippen MR) is 97.5 cm³/mol. The van der Waals surface area contributed by atoms with Gasteiger partial charge in [-0.3, -0.25) is 14.9 Å². The molecular weight excluding hydrogens is 370 g/mol. The Balaban J connectivity index is 1.37. The van der Waals surface area contributed by atoms with Gasteiger partial charge in [0, 0.05) is 11.9 Å². The van der Waals surface area contributed by atoms with Crippen molar-refractivity contribution >= 4 is 28.3 Å². The van der Waals surface area contributed by atoms with Gasteiger partial charge < -0.3 is 18.8 Å². The third-order valence-electron chi connectivity index (χ3n) is 4.68. The van der Waals surface area contributed by atoms with E-state index in [1.54, 1.807) is 17.5 Å². The SMILES string of the molecule is O=C(Nc1nc(CC(=O)N2CCCCC2C2OCCO2)cs1)c1ccco1. The molecule has 1 unspecified atom stereocenters. The first kappa shape index (κ1) is 18.1. The summed E-state index contributed by atoms with van der Waals surface area (Å²) in [5.41, 5.74) is 0.636. The summed E-state index contributed by atoms with van der Waals surface area (Å²) in [6.07, 6.45) is 4.24. The lowest BCUT2D eigenvalue weighted by Crippen LogP contribution is -2.50. The van der Waals surface area contributed by atoms with Crippen LogP contribution >= 0.6 is 11.3 Å². The molecule has 0 aliphatic carbocycles. The first-order valence-corrected chi connectivity index (χ1v) is 9.90. The molecule has 0 aromatic carbocycles. The van der Waals surface area contributed by atoms with Crippen molar-refractivity contribution in [1.82, 2.24) is 9.88 Å². The van der Waals surface area contributed by atoms with Crippen molar-refractivity contribution in [3.8, 4) is 0 Å². The van der Waals surface area contributed by atoms with Gasteiger partial charge in [-0.1, -0.05) is 0 Å². The van der Waals surface area contributed by atoms with Crippen LogP contribution in [0.5, 0.6) is 0 Å². The Morgan fingerprint density at radius 1 is 1.30 bits per heavy atom. The second kappa shape index (κ2) is 8.20. The number of furan rings is 1. The molecule has 0 spiro atoms. The van der Waals surface area contributed by atoms with Crippen molar-refractivity contribution in [1.29, 1.82) is 0 Å². The van der Waals surface area contributed by atoms with Gasteiger partial charge >= 0.3 is 0 Å². The summed E-state index contributed by atoms with van der Waals surface area (Å²) in [6, 6.07) is 3.19. The second-order valence-corrected chi connectivity index (χ2v) is 7.37. The normalized spacial score (nSPS) is 20.7. The van der Waals surface area contributed by atoms with Crippen LogP contribution in [0.2, 0.25) is 0 Å². The number of nitrogens with one attached hydrogen (secondary N) is 1. The maximum Gasteiger partial charge on any atom is 0.293 e. The molecule has 144 valence electrons. The summed E-state index contributed by atoms with van der Waals surface area (Å²) < 4.78 is 16.3. The summed E-state index contributed by atoms with van der Waals surface area (Å²) >= 11 is 1.29. The maximum absolute atomic E-state index is 12.8. The second-order valence-electron chi connectivity index (χ2n) is 6.51. The Morgan fingerprint density at radius 2 is 2.15 bits per heavy atom. The molecule has 2 aliphatic rings. The largest absolute Gasteiger partial charge is 0.459 e. The average molecular weight is 391 g/mol. The van der Waals surface area contributed by atoms with Gasteiger partial charge in [0.05, 0.1) is 37.6 Å². The lowest BCUT2D eigenvalue weighted by atomic mass is 10.0. The van der Waals surface area contributed by atoms with E-state index in [9.17, 15) is 9.59 Å². The Bertz CT molecular complexity index is 785. The number of aromatic nitrogens is 1. The van der Waals surface area contributed by atoms with Gasteiger partial charge in [0.1, 0.15) is 0 Å². The van der Waals surface area contributed by atoms with E-state index in [0.29, 0.717) is 30.6 Å². The molecule has 2 aromatic heterocycles. The number of thiazole rings is 1. The lowest BCUT2D eigenvalue weighted by molar-refractivity contribution is -0.150. The number of piperidine rings is 1. The molecule has 8 nitrogen and oxygen atoms in total. The molecule has 2 amide bonds. The van der Waals surface area contributed by atoms with E-state index in [1.807, 2.05) is 4.90 Å². The van der Waals surface area contributed by atoms with E-state index in [2.05, 4.69) is 10.3 Å². The van der Waals surface area contributed by atoms with E-state index >= 15 is 0 Å². The van der Waals surface area contributed by atoms with Crippen LogP contribution in [0.4, 0.5) is 5.13 Å². The van der Waals surface area contributed by atoms with Gasteiger partial charge in [0.2, 0.25) is 5.91 Å². The van der Waals surface area contributed by atoms with Crippen molar-refractivity contribution in [2.24, 2.45) is 0 Å². The summed E-state index contributed by atoms with van der Waals surface area (Å²) in [6.45, 7) is 1.86. The zero-order chi connectivity index (χ0) is 18.6. The van der Waals surface area contributed by atoms with Crippen molar-refractivity contribution < 1.29 is 23.5 Å². The molecule has 1 atom stereocenters. The Kier molecular flexibility index (Phi) is 5.51. The standard InChI is InChI=1S/C18H21N3O5S/c22-15(21-6-2-1-4-13(21)17-25-8-9-26-17)10-12-11-27-18(19-12)20-16(23)14-5-3-7-24-14/h3,5,7,11,13,17H,1-2,4,6,8-10H2,(H,19,20,23). The highest BCUT2D eigenvalue weighted by Gasteiger charge is 2.36. The summed E-state index contributed by atoms with van der Waals surface area (Å²) in [5, 5.41) is 4.91. The van der Waals surface area contributed by atoms with Crippen LogP contribution in [0.1, 0.15) is 35.5 Å². The fourth-order valence-electron chi connectivity index (χ4n) is 3.42. The van der Waals surface area contributed by atoms with Crippen LogP contribution in [-0.4, -0.2) is 53.8 Å². The zero-order valence-electron chi connectivity index (χ0n) is 14.8. The number of nitrogens with zero attached hydrogens (tertiary/aromatic N) is 2. The minimum atomic E-state index is -0.362. The number of carbonyl (C=O) groups excluding carboxylic acids is 2. The first-order chi connectivity index (χ1) is 13.2. The van der Waals surface area contributed by atoms with Gasteiger partial charge in [-0.05, 0) is 31.4 Å². The van der Waals surface area contributed by atoms with Crippen LogP contribution in [0.3, 0.4) is 0 Å². The highest BCUT2D eigenvalue weighted by atomic mass is 32.1.